The molecular weight excluding hydrogens is 248 g/mol. The molecule has 2 rings (SSSR count). The van der Waals surface area contributed by atoms with E-state index in [0.29, 0.717) is 5.92 Å². The zero-order valence-electron chi connectivity index (χ0n) is 12.6. The van der Waals surface area contributed by atoms with Crippen LogP contribution in [0.2, 0.25) is 0 Å². The molecule has 0 bridgehead atoms. The van der Waals surface area contributed by atoms with Crippen LogP contribution in [-0.2, 0) is 11.2 Å². The molecule has 20 heavy (non-hydrogen) atoms. The number of benzene rings is 1. The number of carbonyl (C=O) groups is 1. The molecule has 1 aromatic rings. The third-order valence-corrected chi connectivity index (χ3v) is 4.08. The molecule has 1 amide bonds. The number of carbonyl (C=O) groups excluding carboxylic acids is 1. The smallest absolute Gasteiger partial charge is 0.237 e. The second kappa shape index (κ2) is 7.44. The Hall–Kier alpha value is -1.35. The van der Waals surface area contributed by atoms with Crippen molar-refractivity contribution in [1.29, 1.82) is 0 Å². The van der Waals surface area contributed by atoms with Gasteiger partial charge in [-0.1, -0.05) is 37.3 Å². The summed E-state index contributed by atoms with van der Waals surface area (Å²) in [5.41, 5.74) is 1.33. The van der Waals surface area contributed by atoms with Crippen LogP contribution in [0.15, 0.2) is 30.3 Å². The molecule has 3 nitrogen and oxygen atoms in total. The molecule has 0 saturated carbocycles. The highest BCUT2D eigenvalue weighted by Crippen LogP contribution is 2.15. The molecule has 0 aromatic heterocycles. The summed E-state index contributed by atoms with van der Waals surface area (Å²) in [6.07, 6.45) is 4.12. The zero-order valence-corrected chi connectivity index (χ0v) is 12.6. The van der Waals surface area contributed by atoms with E-state index in [1.54, 1.807) is 0 Å². The van der Waals surface area contributed by atoms with Gasteiger partial charge >= 0.3 is 0 Å². The number of aryl methyl sites for hydroxylation is 1. The van der Waals surface area contributed by atoms with Gasteiger partial charge in [-0.15, -0.1) is 0 Å². The first-order chi connectivity index (χ1) is 9.65. The average Bonchev–Trinajstić information content (AvgIpc) is 2.46. The molecular formula is C17H26N2O. The van der Waals surface area contributed by atoms with Gasteiger partial charge in [0.15, 0.2) is 0 Å². The van der Waals surface area contributed by atoms with Crippen LogP contribution in [0.5, 0.6) is 0 Å². The maximum absolute atomic E-state index is 12.2. The minimum absolute atomic E-state index is 0.00192. The molecule has 1 fully saturated rings. The summed E-state index contributed by atoms with van der Waals surface area (Å²) in [7, 11) is 0. The first-order valence-electron chi connectivity index (χ1n) is 7.73. The van der Waals surface area contributed by atoms with E-state index in [1.807, 2.05) is 6.07 Å². The van der Waals surface area contributed by atoms with Gasteiger partial charge in [-0.25, -0.2) is 0 Å². The summed E-state index contributed by atoms with van der Waals surface area (Å²) in [5.74, 6) is 0.809. The van der Waals surface area contributed by atoms with E-state index < -0.39 is 0 Å². The lowest BCUT2D eigenvalue weighted by Crippen LogP contribution is -2.50. The van der Waals surface area contributed by atoms with Crippen molar-refractivity contribution in [3.63, 3.8) is 0 Å². The first-order valence-corrected chi connectivity index (χ1v) is 7.73. The summed E-state index contributed by atoms with van der Waals surface area (Å²) < 4.78 is 0. The molecule has 1 aliphatic rings. The van der Waals surface area contributed by atoms with Crippen molar-refractivity contribution >= 4 is 5.91 Å². The van der Waals surface area contributed by atoms with Crippen LogP contribution in [0.1, 0.15) is 38.7 Å². The van der Waals surface area contributed by atoms with Crippen molar-refractivity contribution in [2.45, 2.75) is 51.6 Å². The quantitative estimate of drug-likeness (QED) is 0.866. The topological polar surface area (TPSA) is 41.1 Å². The van der Waals surface area contributed by atoms with Crippen LogP contribution in [-0.4, -0.2) is 24.5 Å². The maximum atomic E-state index is 12.2. The maximum Gasteiger partial charge on any atom is 0.237 e. The van der Waals surface area contributed by atoms with Crippen LogP contribution < -0.4 is 10.6 Å². The van der Waals surface area contributed by atoms with Crippen LogP contribution in [0.25, 0.3) is 0 Å². The predicted molar refractivity (Wildman–Crippen MR) is 82.6 cm³/mol. The molecule has 0 radical (unpaired) electrons. The Morgan fingerprint density at radius 2 is 2.15 bits per heavy atom. The molecule has 0 aliphatic carbocycles. The second-order valence-electron chi connectivity index (χ2n) is 6.07. The fourth-order valence-electron chi connectivity index (χ4n) is 2.75. The monoisotopic (exact) mass is 274 g/mol. The van der Waals surface area contributed by atoms with E-state index in [4.69, 9.17) is 0 Å². The molecule has 2 N–H and O–H groups in total. The van der Waals surface area contributed by atoms with Crippen molar-refractivity contribution in [3.05, 3.63) is 35.9 Å². The number of nitrogens with one attached hydrogen (secondary N) is 2. The Kier molecular flexibility index (Phi) is 5.60. The normalized spacial score (nSPS) is 24.1. The Balaban J connectivity index is 1.73. The standard InChI is InChI=1S/C17H26N2O/c1-13-10-11-18-16(12-13)17(20)19-14(2)8-9-15-6-4-3-5-7-15/h3-7,13-14,16,18H,8-12H2,1-2H3,(H,19,20). The van der Waals surface area contributed by atoms with Gasteiger partial charge in [0, 0.05) is 6.04 Å². The second-order valence-corrected chi connectivity index (χ2v) is 6.07. The number of piperidine rings is 1. The van der Waals surface area contributed by atoms with Crippen LogP contribution in [0, 0.1) is 5.92 Å². The summed E-state index contributed by atoms with van der Waals surface area (Å²) >= 11 is 0. The molecule has 1 aromatic carbocycles. The molecule has 1 heterocycles. The van der Waals surface area contributed by atoms with Gasteiger partial charge < -0.3 is 10.6 Å². The Bertz CT molecular complexity index is 418. The lowest BCUT2D eigenvalue weighted by Gasteiger charge is -2.28. The van der Waals surface area contributed by atoms with Crippen molar-refractivity contribution in [1.82, 2.24) is 10.6 Å². The zero-order chi connectivity index (χ0) is 14.4. The van der Waals surface area contributed by atoms with E-state index in [1.165, 1.54) is 12.0 Å². The largest absolute Gasteiger partial charge is 0.352 e. The highest BCUT2D eigenvalue weighted by molar-refractivity contribution is 5.82. The third-order valence-electron chi connectivity index (χ3n) is 4.08. The lowest BCUT2D eigenvalue weighted by molar-refractivity contribution is -0.124. The minimum atomic E-state index is -0.00192. The Morgan fingerprint density at radius 1 is 1.40 bits per heavy atom. The van der Waals surface area contributed by atoms with Gasteiger partial charge in [0.25, 0.3) is 0 Å². The van der Waals surface area contributed by atoms with Crippen LogP contribution in [0.4, 0.5) is 0 Å². The Labute approximate surface area is 122 Å². The molecule has 3 heteroatoms. The van der Waals surface area contributed by atoms with Crippen molar-refractivity contribution in [2.24, 2.45) is 5.92 Å². The lowest BCUT2D eigenvalue weighted by atomic mass is 9.93. The highest BCUT2D eigenvalue weighted by atomic mass is 16.2. The number of hydrogen-bond donors (Lipinski definition) is 2. The van der Waals surface area contributed by atoms with Gasteiger partial charge in [0.05, 0.1) is 6.04 Å². The number of amides is 1. The van der Waals surface area contributed by atoms with Crippen molar-refractivity contribution in [3.8, 4) is 0 Å². The van der Waals surface area contributed by atoms with E-state index in [0.717, 1.165) is 25.8 Å². The fraction of sp³-hybridized carbons (Fsp3) is 0.588. The molecule has 3 unspecified atom stereocenters. The van der Waals surface area contributed by atoms with E-state index in [9.17, 15) is 4.79 Å². The fourth-order valence-corrected chi connectivity index (χ4v) is 2.75. The van der Waals surface area contributed by atoms with Crippen LogP contribution >= 0.6 is 0 Å². The SMILES string of the molecule is CC1CCNC(C(=O)NC(C)CCc2ccccc2)C1. The van der Waals surface area contributed by atoms with Crippen LogP contribution in [0.3, 0.4) is 0 Å². The van der Waals surface area contributed by atoms with Crippen molar-refractivity contribution < 1.29 is 4.79 Å². The highest BCUT2D eigenvalue weighted by Gasteiger charge is 2.25. The average molecular weight is 274 g/mol. The van der Waals surface area contributed by atoms with Gasteiger partial charge in [-0.2, -0.15) is 0 Å². The number of hydrogen-bond acceptors (Lipinski definition) is 2. The third kappa shape index (κ3) is 4.64. The predicted octanol–water partition coefficient (Wildman–Crippen LogP) is 2.51. The molecule has 110 valence electrons. The van der Waals surface area contributed by atoms with E-state index >= 15 is 0 Å². The summed E-state index contributed by atoms with van der Waals surface area (Å²) in [6.45, 7) is 5.27. The van der Waals surface area contributed by atoms with Gasteiger partial charge in [0.2, 0.25) is 5.91 Å². The Morgan fingerprint density at radius 3 is 2.85 bits per heavy atom. The molecule has 0 spiro atoms. The molecule has 1 saturated heterocycles. The van der Waals surface area contributed by atoms with Gasteiger partial charge in [-0.05, 0) is 50.6 Å². The number of rotatable bonds is 5. The minimum Gasteiger partial charge on any atom is -0.352 e. The summed E-state index contributed by atoms with van der Waals surface area (Å²) in [5, 5.41) is 6.46. The first kappa shape index (κ1) is 15.0. The molecule has 1 aliphatic heterocycles. The summed E-state index contributed by atoms with van der Waals surface area (Å²) in [4.78, 5) is 12.2. The van der Waals surface area contributed by atoms with Gasteiger partial charge in [0.1, 0.15) is 0 Å². The van der Waals surface area contributed by atoms with Crippen molar-refractivity contribution in [2.75, 3.05) is 6.54 Å². The summed E-state index contributed by atoms with van der Waals surface area (Å²) in [6, 6.07) is 10.7. The van der Waals surface area contributed by atoms with E-state index in [-0.39, 0.29) is 18.0 Å². The molecule has 3 atom stereocenters. The van der Waals surface area contributed by atoms with Gasteiger partial charge in [-0.3, -0.25) is 4.79 Å². The van der Waals surface area contributed by atoms with E-state index in [2.05, 4.69) is 48.7 Å².